The van der Waals surface area contributed by atoms with Crippen molar-refractivity contribution in [3.05, 3.63) is 53.5 Å². The first-order valence-electron chi connectivity index (χ1n) is 5.76. The first-order chi connectivity index (χ1) is 8.70. The predicted octanol–water partition coefficient (Wildman–Crippen LogP) is 2.83. The van der Waals surface area contributed by atoms with Crippen molar-refractivity contribution in [3.8, 4) is 6.07 Å². The van der Waals surface area contributed by atoms with Crippen molar-refractivity contribution in [1.29, 1.82) is 5.26 Å². The second-order valence-electron chi connectivity index (χ2n) is 4.08. The Morgan fingerprint density at radius 3 is 2.78 bits per heavy atom. The molecule has 0 aliphatic carbocycles. The number of nitrogens with zero attached hydrogens (tertiary/aromatic N) is 3. The van der Waals surface area contributed by atoms with Crippen molar-refractivity contribution in [2.24, 2.45) is 0 Å². The highest BCUT2D eigenvalue weighted by Crippen LogP contribution is 2.19. The first kappa shape index (κ1) is 12.1. The van der Waals surface area contributed by atoms with Gasteiger partial charge in [-0.2, -0.15) is 5.26 Å². The third-order valence-electron chi connectivity index (χ3n) is 2.64. The van der Waals surface area contributed by atoms with Crippen LogP contribution >= 0.6 is 0 Å². The summed E-state index contributed by atoms with van der Waals surface area (Å²) in [4.78, 5) is 8.63. The summed E-state index contributed by atoms with van der Waals surface area (Å²) in [6, 6.07) is 11.5. The molecular weight excluding hydrogens is 224 g/mol. The number of nitriles is 1. The minimum absolute atomic E-state index is 0.00704. The van der Waals surface area contributed by atoms with Gasteiger partial charge in [0.2, 0.25) is 0 Å². The average molecular weight is 238 g/mol. The van der Waals surface area contributed by atoms with Crippen LogP contribution in [0.15, 0.2) is 36.5 Å². The molecule has 0 spiro atoms. The van der Waals surface area contributed by atoms with Crippen molar-refractivity contribution >= 4 is 5.82 Å². The Balaban J connectivity index is 2.24. The van der Waals surface area contributed by atoms with Crippen LogP contribution in [0.25, 0.3) is 0 Å². The second kappa shape index (κ2) is 5.28. The van der Waals surface area contributed by atoms with Gasteiger partial charge >= 0.3 is 0 Å². The Kier molecular flexibility index (Phi) is 3.54. The van der Waals surface area contributed by atoms with Crippen LogP contribution in [0, 0.1) is 18.3 Å². The zero-order valence-electron chi connectivity index (χ0n) is 10.4. The SMILES string of the molecule is Cc1ccc(C#N)c(NC(C)c2ccccn2)n1. The molecule has 4 heteroatoms. The minimum Gasteiger partial charge on any atom is -0.361 e. The third-order valence-corrected chi connectivity index (χ3v) is 2.64. The largest absolute Gasteiger partial charge is 0.361 e. The molecule has 0 saturated carbocycles. The van der Waals surface area contributed by atoms with Gasteiger partial charge in [0.1, 0.15) is 11.9 Å². The van der Waals surface area contributed by atoms with Crippen LogP contribution in [0.5, 0.6) is 0 Å². The fraction of sp³-hybridized carbons (Fsp3) is 0.214. The Morgan fingerprint density at radius 1 is 1.28 bits per heavy atom. The van der Waals surface area contributed by atoms with E-state index in [0.29, 0.717) is 11.4 Å². The number of pyridine rings is 2. The van der Waals surface area contributed by atoms with Crippen molar-refractivity contribution in [1.82, 2.24) is 9.97 Å². The minimum atomic E-state index is 0.00704. The molecule has 0 aliphatic heterocycles. The zero-order valence-corrected chi connectivity index (χ0v) is 10.4. The monoisotopic (exact) mass is 238 g/mol. The summed E-state index contributed by atoms with van der Waals surface area (Å²) < 4.78 is 0. The Labute approximate surface area is 106 Å². The Bertz CT molecular complexity index is 572. The third kappa shape index (κ3) is 2.64. The molecular formula is C14H14N4. The molecule has 0 aromatic carbocycles. The Morgan fingerprint density at radius 2 is 2.11 bits per heavy atom. The van der Waals surface area contributed by atoms with Gasteiger partial charge in [-0.1, -0.05) is 6.07 Å². The maximum absolute atomic E-state index is 9.05. The molecule has 2 rings (SSSR count). The highest BCUT2D eigenvalue weighted by Gasteiger charge is 2.10. The van der Waals surface area contributed by atoms with Gasteiger partial charge < -0.3 is 5.32 Å². The van der Waals surface area contributed by atoms with Crippen molar-refractivity contribution in [3.63, 3.8) is 0 Å². The maximum atomic E-state index is 9.05. The summed E-state index contributed by atoms with van der Waals surface area (Å²) in [6.45, 7) is 3.89. The van der Waals surface area contributed by atoms with Crippen molar-refractivity contribution < 1.29 is 0 Å². The van der Waals surface area contributed by atoms with Crippen molar-refractivity contribution in [2.45, 2.75) is 19.9 Å². The van der Waals surface area contributed by atoms with E-state index in [0.717, 1.165) is 11.4 Å². The van der Waals surface area contributed by atoms with E-state index in [4.69, 9.17) is 5.26 Å². The number of rotatable bonds is 3. The molecule has 1 N–H and O–H groups in total. The van der Waals surface area contributed by atoms with Crippen LogP contribution < -0.4 is 5.32 Å². The smallest absolute Gasteiger partial charge is 0.144 e. The molecule has 0 radical (unpaired) electrons. The molecule has 2 heterocycles. The number of hydrogen-bond acceptors (Lipinski definition) is 4. The predicted molar refractivity (Wildman–Crippen MR) is 70.0 cm³/mol. The van der Waals surface area contributed by atoms with E-state index in [1.807, 2.05) is 38.1 Å². The standard InChI is InChI=1S/C14H14N4/c1-10-6-7-12(9-15)14(17-10)18-11(2)13-5-3-4-8-16-13/h3-8,11H,1-2H3,(H,17,18). The number of aryl methyl sites for hydroxylation is 1. The van der Waals surface area contributed by atoms with E-state index in [1.54, 1.807) is 12.3 Å². The van der Waals surface area contributed by atoms with Crippen LogP contribution in [0.2, 0.25) is 0 Å². The van der Waals surface area contributed by atoms with Gasteiger partial charge in [-0.15, -0.1) is 0 Å². The first-order valence-corrected chi connectivity index (χ1v) is 5.76. The van der Waals surface area contributed by atoms with Gasteiger partial charge in [0.05, 0.1) is 17.3 Å². The quantitative estimate of drug-likeness (QED) is 0.893. The summed E-state index contributed by atoms with van der Waals surface area (Å²) >= 11 is 0. The average Bonchev–Trinajstić information content (AvgIpc) is 2.40. The van der Waals surface area contributed by atoms with Crippen LogP contribution in [0.1, 0.15) is 29.9 Å². The van der Waals surface area contributed by atoms with Gasteiger partial charge in [-0.25, -0.2) is 4.98 Å². The molecule has 2 aromatic heterocycles. The summed E-state index contributed by atoms with van der Waals surface area (Å²) in [5, 5.41) is 12.3. The summed E-state index contributed by atoms with van der Waals surface area (Å²) in [6.07, 6.45) is 1.75. The lowest BCUT2D eigenvalue weighted by atomic mass is 10.2. The molecule has 90 valence electrons. The lowest BCUT2D eigenvalue weighted by molar-refractivity contribution is 0.829. The molecule has 0 saturated heterocycles. The van der Waals surface area contributed by atoms with Gasteiger partial charge in [-0.3, -0.25) is 4.98 Å². The van der Waals surface area contributed by atoms with Crippen LogP contribution in [0.4, 0.5) is 5.82 Å². The summed E-state index contributed by atoms with van der Waals surface area (Å²) in [7, 11) is 0. The molecule has 4 nitrogen and oxygen atoms in total. The van der Waals surface area contributed by atoms with Crippen LogP contribution in [0.3, 0.4) is 0 Å². The fourth-order valence-corrected chi connectivity index (χ4v) is 1.67. The second-order valence-corrected chi connectivity index (χ2v) is 4.08. The van der Waals surface area contributed by atoms with Gasteiger partial charge in [0.15, 0.2) is 0 Å². The van der Waals surface area contributed by atoms with E-state index in [-0.39, 0.29) is 6.04 Å². The van der Waals surface area contributed by atoms with E-state index >= 15 is 0 Å². The number of nitrogens with one attached hydrogen (secondary N) is 1. The fourth-order valence-electron chi connectivity index (χ4n) is 1.67. The molecule has 2 aromatic rings. The Hall–Kier alpha value is -2.41. The van der Waals surface area contributed by atoms with E-state index in [9.17, 15) is 0 Å². The van der Waals surface area contributed by atoms with Crippen molar-refractivity contribution in [2.75, 3.05) is 5.32 Å². The molecule has 1 atom stereocenters. The number of aromatic nitrogens is 2. The highest BCUT2D eigenvalue weighted by atomic mass is 15.0. The van der Waals surface area contributed by atoms with E-state index in [1.165, 1.54) is 0 Å². The van der Waals surface area contributed by atoms with Crippen LogP contribution in [-0.4, -0.2) is 9.97 Å². The lowest BCUT2D eigenvalue weighted by Crippen LogP contribution is -2.11. The number of hydrogen-bond donors (Lipinski definition) is 1. The highest BCUT2D eigenvalue weighted by molar-refractivity contribution is 5.53. The molecule has 0 aliphatic rings. The zero-order chi connectivity index (χ0) is 13.0. The number of anilines is 1. The van der Waals surface area contributed by atoms with Gasteiger partial charge in [0.25, 0.3) is 0 Å². The maximum Gasteiger partial charge on any atom is 0.144 e. The molecule has 0 fully saturated rings. The lowest BCUT2D eigenvalue weighted by Gasteiger charge is -2.15. The summed E-state index contributed by atoms with van der Waals surface area (Å²) in [5.74, 6) is 0.607. The van der Waals surface area contributed by atoms with E-state index in [2.05, 4.69) is 21.4 Å². The van der Waals surface area contributed by atoms with Gasteiger partial charge in [0, 0.05) is 11.9 Å². The summed E-state index contributed by atoms with van der Waals surface area (Å²) in [5.41, 5.74) is 2.35. The van der Waals surface area contributed by atoms with E-state index < -0.39 is 0 Å². The van der Waals surface area contributed by atoms with Gasteiger partial charge in [-0.05, 0) is 38.1 Å². The molecule has 0 bridgehead atoms. The molecule has 18 heavy (non-hydrogen) atoms. The molecule has 0 amide bonds. The normalized spacial score (nSPS) is 11.6. The van der Waals surface area contributed by atoms with Crippen LogP contribution in [-0.2, 0) is 0 Å². The molecule has 1 unspecified atom stereocenters. The topological polar surface area (TPSA) is 61.6 Å².